The van der Waals surface area contributed by atoms with Crippen molar-refractivity contribution in [2.24, 2.45) is 5.73 Å². The van der Waals surface area contributed by atoms with Gasteiger partial charge in [0.25, 0.3) is 5.91 Å². The van der Waals surface area contributed by atoms with Gasteiger partial charge in [-0.05, 0) is 24.6 Å². The molecule has 1 fully saturated rings. The maximum Gasteiger partial charge on any atom is 0.325 e. The zero-order valence-electron chi connectivity index (χ0n) is 10.9. The minimum atomic E-state index is -1.36. The molecule has 0 bridgehead atoms. The lowest BCUT2D eigenvalue weighted by Gasteiger charge is -2.21. The first-order valence-electron chi connectivity index (χ1n) is 6.02. The third kappa shape index (κ3) is 2.64. The fraction of sp³-hybridized carbons (Fsp3) is 0.385. The van der Waals surface area contributed by atoms with Crippen LogP contribution in [-0.2, 0) is 4.79 Å². The summed E-state index contributed by atoms with van der Waals surface area (Å²) in [6.45, 7) is 0.321. The number of carboxylic acid groups (broad SMARTS) is 1. The summed E-state index contributed by atoms with van der Waals surface area (Å²) >= 11 is 3.30. The number of ether oxygens (including phenoxy) is 1. The Kier molecular flexibility index (Phi) is 4.01. The van der Waals surface area contributed by atoms with Crippen LogP contribution >= 0.6 is 15.9 Å². The van der Waals surface area contributed by atoms with Gasteiger partial charge >= 0.3 is 5.97 Å². The first-order valence-corrected chi connectivity index (χ1v) is 6.82. The Bertz CT molecular complexity index is 563. The van der Waals surface area contributed by atoms with Gasteiger partial charge in [-0.2, -0.15) is 0 Å². The molecule has 20 heavy (non-hydrogen) atoms. The van der Waals surface area contributed by atoms with Crippen LogP contribution in [0.2, 0.25) is 0 Å². The fourth-order valence-corrected chi connectivity index (χ4v) is 2.53. The topological polar surface area (TPSA) is 92.9 Å². The molecule has 1 aromatic carbocycles. The maximum absolute atomic E-state index is 12.4. The van der Waals surface area contributed by atoms with Crippen LogP contribution in [0.3, 0.4) is 0 Å². The van der Waals surface area contributed by atoms with Crippen LogP contribution in [0, 0.1) is 0 Å². The van der Waals surface area contributed by atoms with Gasteiger partial charge in [-0.3, -0.25) is 9.59 Å². The minimum Gasteiger partial charge on any atom is -0.496 e. The lowest BCUT2D eigenvalue weighted by atomic mass is 10.0. The first kappa shape index (κ1) is 14.8. The predicted molar refractivity (Wildman–Crippen MR) is 75.8 cm³/mol. The summed E-state index contributed by atoms with van der Waals surface area (Å²) in [5, 5.41) is 9.09. The molecule has 1 amide bonds. The summed E-state index contributed by atoms with van der Waals surface area (Å²) in [5.41, 5.74) is 4.80. The Hall–Kier alpha value is -1.60. The number of carbonyl (C=O) groups is 2. The molecule has 2 rings (SSSR count). The number of amides is 1. The van der Waals surface area contributed by atoms with E-state index < -0.39 is 11.5 Å². The molecule has 1 aliphatic rings. The number of nitrogens with two attached hydrogens (primary N) is 1. The molecule has 1 saturated heterocycles. The lowest BCUT2D eigenvalue weighted by Crippen LogP contribution is -2.50. The quantitative estimate of drug-likeness (QED) is 0.857. The van der Waals surface area contributed by atoms with Crippen LogP contribution in [0.1, 0.15) is 16.8 Å². The predicted octanol–water partition coefficient (Wildman–Crippen LogP) is 1.09. The van der Waals surface area contributed by atoms with Crippen molar-refractivity contribution >= 4 is 27.8 Å². The average Bonchev–Trinajstić information content (AvgIpc) is 2.82. The molecular weight excluding hydrogens is 328 g/mol. The van der Waals surface area contributed by atoms with E-state index in [9.17, 15) is 9.59 Å². The van der Waals surface area contributed by atoms with Gasteiger partial charge in [-0.25, -0.2) is 0 Å². The number of halogens is 1. The smallest absolute Gasteiger partial charge is 0.325 e. The largest absolute Gasteiger partial charge is 0.496 e. The Balaban J connectivity index is 2.23. The molecule has 6 nitrogen and oxygen atoms in total. The van der Waals surface area contributed by atoms with Crippen molar-refractivity contribution in [2.75, 3.05) is 20.2 Å². The molecule has 108 valence electrons. The van der Waals surface area contributed by atoms with Crippen LogP contribution in [0.15, 0.2) is 22.7 Å². The monoisotopic (exact) mass is 342 g/mol. The third-order valence-corrected chi connectivity index (χ3v) is 3.90. The van der Waals surface area contributed by atoms with Crippen LogP contribution in [0.25, 0.3) is 0 Å². The van der Waals surface area contributed by atoms with E-state index in [1.54, 1.807) is 18.2 Å². The molecule has 0 aliphatic carbocycles. The Labute approximate surface area is 124 Å². The number of methoxy groups -OCH3 is 1. The highest BCUT2D eigenvalue weighted by Gasteiger charge is 2.43. The molecule has 1 heterocycles. The van der Waals surface area contributed by atoms with Gasteiger partial charge in [0.15, 0.2) is 0 Å². The van der Waals surface area contributed by atoms with Crippen molar-refractivity contribution in [2.45, 2.75) is 12.0 Å². The highest BCUT2D eigenvalue weighted by molar-refractivity contribution is 9.10. The van der Waals surface area contributed by atoms with Crippen LogP contribution in [-0.4, -0.2) is 47.6 Å². The Morgan fingerprint density at radius 1 is 1.50 bits per heavy atom. The molecule has 0 radical (unpaired) electrons. The summed E-state index contributed by atoms with van der Waals surface area (Å²) < 4.78 is 5.98. The van der Waals surface area contributed by atoms with E-state index in [2.05, 4.69) is 15.9 Å². The number of hydrogen-bond donors (Lipinski definition) is 2. The van der Waals surface area contributed by atoms with Crippen LogP contribution in [0.4, 0.5) is 0 Å². The van der Waals surface area contributed by atoms with E-state index in [1.165, 1.54) is 12.0 Å². The fourth-order valence-electron chi connectivity index (χ4n) is 2.19. The summed E-state index contributed by atoms with van der Waals surface area (Å²) in [4.78, 5) is 25.0. The maximum atomic E-state index is 12.4. The van der Waals surface area contributed by atoms with Gasteiger partial charge in [0.05, 0.1) is 12.7 Å². The van der Waals surface area contributed by atoms with Crippen molar-refractivity contribution in [3.05, 3.63) is 28.2 Å². The number of aliphatic carboxylic acids is 1. The number of carbonyl (C=O) groups excluding carboxylic acids is 1. The van der Waals surface area contributed by atoms with Crippen molar-refractivity contribution in [1.82, 2.24) is 4.90 Å². The van der Waals surface area contributed by atoms with Crippen LogP contribution < -0.4 is 10.5 Å². The van der Waals surface area contributed by atoms with Crippen molar-refractivity contribution in [3.8, 4) is 5.75 Å². The van der Waals surface area contributed by atoms with Gasteiger partial charge < -0.3 is 20.5 Å². The molecule has 0 saturated carbocycles. The summed E-state index contributed by atoms with van der Waals surface area (Å²) in [6, 6.07) is 5.07. The molecule has 1 unspecified atom stereocenters. The first-order chi connectivity index (χ1) is 9.37. The molecule has 1 aliphatic heterocycles. The normalized spacial score (nSPS) is 21.9. The van der Waals surface area contributed by atoms with Crippen molar-refractivity contribution in [3.63, 3.8) is 0 Å². The third-order valence-electron chi connectivity index (χ3n) is 3.41. The molecule has 3 N–H and O–H groups in total. The average molecular weight is 343 g/mol. The molecule has 0 spiro atoms. The van der Waals surface area contributed by atoms with E-state index in [4.69, 9.17) is 15.6 Å². The number of benzene rings is 1. The molecule has 1 atom stereocenters. The summed E-state index contributed by atoms with van der Waals surface area (Å²) in [5.74, 6) is -0.923. The second-order valence-corrected chi connectivity index (χ2v) is 5.70. The second kappa shape index (κ2) is 5.41. The van der Waals surface area contributed by atoms with E-state index in [0.29, 0.717) is 17.9 Å². The SMILES string of the molecule is COc1cc(Br)ccc1C(=O)N1CCC(N)(C(=O)O)C1. The second-order valence-electron chi connectivity index (χ2n) is 4.78. The van der Waals surface area contributed by atoms with Gasteiger partial charge in [-0.15, -0.1) is 0 Å². The summed E-state index contributed by atoms with van der Waals surface area (Å²) in [7, 11) is 1.48. The molecule has 7 heteroatoms. The van der Waals surface area contributed by atoms with Crippen molar-refractivity contribution in [1.29, 1.82) is 0 Å². The number of carboxylic acids is 1. The highest BCUT2D eigenvalue weighted by Crippen LogP contribution is 2.27. The lowest BCUT2D eigenvalue weighted by molar-refractivity contribution is -0.142. The van der Waals surface area contributed by atoms with Gasteiger partial charge in [0.1, 0.15) is 11.3 Å². The van der Waals surface area contributed by atoms with Gasteiger partial charge in [0.2, 0.25) is 0 Å². The molecule has 1 aromatic rings. The Morgan fingerprint density at radius 2 is 2.20 bits per heavy atom. The number of likely N-dealkylation sites (tertiary alicyclic amines) is 1. The molecular formula is C13H15BrN2O4. The Morgan fingerprint density at radius 3 is 2.75 bits per heavy atom. The van der Waals surface area contributed by atoms with Crippen molar-refractivity contribution < 1.29 is 19.4 Å². The molecule has 0 aromatic heterocycles. The highest BCUT2D eigenvalue weighted by atomic mass is 79.9. The van der Waals surface area contributed by atoms with Gasteiger partial charge in [-0.1, -0.05) is 15.9 Å². The zero-order chi connectivity index (χ0) is 14.9. The summed E-state index contributed by atoms with van der Waals surface area (Å²) in [6.07, 6.45) is 0.243. The van der Waals surface area contributed by atoms with E-state index >= 15 is 0 Å². The van der Waals surface area contributed by atoms with Gasteiger partial charge in [0, 0.05) is 17.6 Å². The minimum absolute atomic E-state index is 0.000382. The number of hydrogen-bond acceptors (Lipinski definition) is 4. The number of nitrogens with zero attached hydrogens (tertiary/aromatic N) is 1. The van der Waals surface area contributed by atoms with E-state index in [-0.39, 0.29) is 18.9 Å². The van der Waals surface area contributed by atoms with E-state index in [0.717, 1.165) is 4.47 Å². The zero-order valence-corrected chi connectivity index (χ0v) is 12.5. The number of rotatable bonds is 3. The van der Waals surface area contributed by atoms with E-state index in [1.807, 2.05) is 0 Å². The standard InChI is InChI=1S/C13H15BrN2O4/c1-20-10-6-8(14)2-3-9(10)11(17)16-5-4-13(15,7-16)12(18)19/h2-3,6H,4-5,7,15H2,1H3,(H,18,19). The van der Waals surface area contributed by atoms with Crippen LogP contribution in [0.5, 0.6) is 5.75 Å².